The molecule has 0 heterocycles. The van der Waals surface area contributed by atoms with Gasteiger partial charge in [-0.25, -0.2) is 0 Å². The summed E-state index contributed by atoms with van der Waals surface area (Å²) in [5, 5.41) is 0. The maximum absolute atomic E-state index is 11.9. The van der Waals surface area contributed by atoms with Gasteiger partial charge in [0.05, 0.1) is 10.8 Å². The van der Waals surface area contributed by atoms with E-state index in [1.807, 2.05) is 41.5 Å². The van der Waals surface area contributed by atoms with Gasteiger partial charge in [0.2, 0.25) is 6.79 Å². The molecule has 0 saturated carbocycles. The maximum Gasteiger partial charge on any atom is 0.314 e. The number of ether oxygens (including phenoxy) is 2. The van der Waals surface area contributed by atoms with Crippen LogP contribution in [0.15, 0.2) is 0 Å². The van der Waals surface area contributed by atoms with E-state index in [2.05, 4.69) is 0 Å². The Bertz CT molecular complexity index is 271. The van der Waals surface area contributed by atoms with Crippen LogP contribution < -0.4 is 0 Å². The summed E-state index contributed by atoms with van der Waals surface area (Å²) < 4.78 is 10.1. The van der Waals surface area contributed by atoms with Gasteiger partial charge >= 0.3 is 11.9 Å². The van der Waals surface area contributed by atoms with Crippen LogP contribution in [0.5, 0.6) is 0 Å². The topological polar surface area (TPSA) is 52.6 Å². The molecule has 112 valence electrons. The number of esters is 2. The van der Waals surface area contributed by atoms with E-state index in [0.29, 0.717) is 25.7 Å². The van der Waals surface area contributed by atoms with Gasteiger partial charge in [-0.05, 0) is 39.5 Å². The minimum Gasteiger partial charge on any atom is -0.427 e. The molecule has 0 N–H and O–H groups in total. The summed E-state index contributed by atoms with van der Waals surface area (Å²) in [5.41, 5.74) is -0.990. The van der Waals surface area contributed by atoms with Crippen LogP contribution >= 0.6 is 0 Å². The quantitative estimate of drug-likeness (QED) is 0.499. The van der Waals surface area contributed by atoms with Crippen molar-refractivity contribution in [3.63, 3.8) is 0 Å². The van der Waals surface area contributed by atoms with E-state index in [0.717, 1.165) is 0 Å². The van der Waals surface area contributed by atoms with Crippen molar-refractivity contribution in [2.45, 2.75) is 67.2 Å². The second kappa shape index (κ2) is 7.51. The van der Waals surface area contributed by atoms with Crippen LogP contribution in [0, 0.1) is 10.8 Å². The first-order chi connectivity index (χ1) is 8.79. The zero-order valence-electron chi connectivity index (χ0n) is 13.2. The van der Waals surface area contributed by atoms with Gasteiger partial charge in [-0.15, -0.1) is 0 Å². The highest BCUT2D eigenvalue weighted by molar-refractivity contribution is 5.77. The molecule has 0 unspecified atom stereocenters. The largest absolute Gasteiger partial charge is 0.427 e. The summed E-state index contributed by atoms with van der Waals surface area (Å²) in [6.45, 7) is 11.2. The van der Waals surface area contributed by atoms with Crippen molar-refractivity contribution >= 4 is 11.9 Å². The van der Waals surface area contributed by atoms with E-state index in [4.69, 9.17) is 9.47 Å². The molecular formula is C15H28O4. The second-order valence-electron chi connectivity index (χ2n) is 5.52. The molecule has 0 saturated heterocycles. The Morgan fingerprint density at radius 2 is 1.00 bits per heavy atom. The third kappa shape index (κ3) is 4.51. The Morgan fingerprint density at radius 3 is 1.21 bits per heavy atom. The average Bonchev–Trinajstić information content (AvgIpc) is 2.44. The summed E-state index contributed by atoms with van der Waals surface area (Å²) in [7, 11) is 0. The SMILES string of the molecule is CCC(C)(CC)C(=O)OCOC(=O)C(C)(CC)CC. The van der Waals surface area contributed by atoms with Crippen molar-refractivity contribution in [3.05, 3.63) is 0 Å². The van der Waals surface area contributed by atoms with Crippen LogP contribution in [0.3, 0.4) is 0 Å². The highest BCUT2D eigenvalue weighted by Gasteiger charge is 2.33. The van der Waals surface area contributed by atoms with Crippen molar-refractivity contribution in [1.29, 1.82) is 0 Å². The third-order valence-electron chi connectivity index (χ3n) is 4.49. The summed E-state index contributed by atoms with van der Waals surface area (Å²) in [6.07, 6.45) is 2.83. The monoisotopic (exact) mass is 272 g/mol. The molecule has 0 aliphatic carbocycles. The molecule has 0 radical (unpaired) electrons. The van der Waals surface area contributed by atoms with Crippen molar-refractivity contribution in [3.8, 4) is 0 Å². The van der Waals surface area contributed by atoms with Crippen LogP contribution in [0.25, 0.3) is 0 Å². The van der Waals surface area contributed by atoms with Crippen molar-refractivity contribution in [2.24, 2.45) is 10.8 Å². The number of hydrogen-bond donors (Lipinski definition) is 0. The zero-order valence-corrected chi connectivity index (χ0v) is 13.2. The molecule has 0 aliphatic heterocycles. The number of hydrogen-bond acceptors (Lipinski definition) is 4. The standard InChI is InChI=1S/C15H28O4/c1-7-14(5,8-2)12(16)18-11-19-13(17)15(6,9-3)10-4/h7-11H2,1-6H3. The molecule has 0 aromatic carbocycles. The van der Waals surface area contributed by atoms with E-state index < -0.39 is 10.8 Å². The lowest BCUT2D eigenvalue weighted by molar-refractivity contribution is -0.180. The molecule has 0 rings (SSSR count). The molecule has 0 aromatic rings. The normalized spacial score (nSPS) is 12.1. The molecule has 0 atom stereocenters. The molecule has 0 amide bonds. The van der Waals surface area contributed by atoms with Gasteiger partial charge in [0.15, 0.2) is 0 Å². The molecule has 0 fully saturated rings. The smallest absolute Gasteiger partial charge is 0.314 e. The lowest BCUT2D eigenvalue weighted by atomic mass is 9.85. The van der Waals surface area contributed by atoms with Gasteiger partial charge < -0.3 is 9.47 Å². The first-order valence-electron chi connectivity index (χ1n) is 7.14. The molecule has 4 nitrogen and oxygen atoms in total. The van der Waals surface area contributed by atoms with Gasteiger partial charge in [0.25, 0.3) is 0 Å². The number of carbonyl (C=O) groups is 2. The van der Waals surface area contributed by atoms with E-state index in [9.17, 15) is 9.59 Å². The Morgan fingerprint density at radius 1 is 0.737 bits per heavy atom. The Hall–Kier alpha value is -1.06. The highest BCUT2D eigenvalue weighted by atomic mass is 16.7. The first-order valence-corrected chi connectivity index (χ1v) is 7.14. The van der Waals surface area contributed by atoms with Crippen LogP contribution in [0.2, 0.25) is 0 Å². The highest BCUT2D eigenvalue weighted by Crippen LogP contribution is 2.28. The summed E-state index contributed by atoms with van der Waals surface area (Å²) in [6, 6.07) is 0. The predicted octanol–water partition coefficient (Wildman–Crippen LogP) is 3.68. The van der Waals surface area contributed by atoms with Crippen LogP contribution in [-0.2, 0) is 19.1 Å². The van der Waals surface area contributed by atoms with E-state index in [1.54, 1.807) is 0 Å². The van der Waals surface area contributed by atoms with E-state index >= 15 is 0 Å². The summed E-state index contributed by atoms with van der Waals surface area (Å²) >= 11 is 0. The van der Waals surface area contributed by atoms with Gasteiger partial charge in [-0.1, -0.05) is 27.7 Å². The molecule has 0 aliphatic rings. The fourth-order valence-electron chi connectivity index (χ4n) is 1.56. The van der Waals surface area contributed by atoms with Gasteiger partial charge in [0, 0.05) is 0 Å². The van der Waals surface area contributed by atoms with Gasteiger partial charge in [-0.2, -0.15) is 0 Å². The molecule has 19 heavy (non-hydrogen) atoms. The lowest BCUT2D eigenvalue weighted by Gasteiger charge is -2.26. The molecule has 0 spiro atoms. The van der Waals surface area contributed by atoms with Gasteiger partial charge in [-0.3, -0.25) is 9.59 Å². The number of carbonyl (C=O) groups excluding carboxylic acids is 2. The summed E-state index contributed by atoms with van der Waals surface area (Å²) in [4.78, 5) is 23.8. The van der Waals surface area contributed by atoms with E-state index in [1.165, 1.54) is 0 Å². The zero-order chi connectivity index (χ0) is 15.1. The minimum atomic E-state index is -0.495. The Balaban J connectivity index is 4.32. The third-order valence-corrected chi connectivity index (χ3v) is 4.49. The number of rotatable bonds is 8. The summed E-state index contributed by atoms with van der Waals surface area (Å²) in [5.74, 6) is -0.611. The molecular weight excluding hydrogens is 244 g/mol. The van der Waals surface area contributed by atoms with Crippen molar-refractivity contribution < 1.29 is 19.1 Å². The van der Waals surface area contributed by atoms with Crippen LogP contribution in [0.1, 0.15) is 67.2 Å². The second-order valence-corrected chi connectivity index (χ2v) is 5.52. The Kier molecular flexibility index (Phi) is 7.09. The molecule has 0 bridgehead atoms. The van der Waals surface area contributed by atoms with Gasteiger partial charge in [0.1, 0.15) is 0 Å². The van der Waals surface area contributed by atoms with Crippen molar-refractivity contribution in [2.75, 3.05) is 6.79 Å². The van der Waals surface area contributed by atoms with Crippen molar-refractivity contribution in [1.82, 2.24) is 0 Å². The van der Waals surface area contributed by atoms with Crippen LogP contribution in [-0.4, -0.2) is 18.7 Å². The molecule has 0 aromatic heterocycles. The predicted molar refractivity (Wildman–Crippen MR) is 74.4 cm³/mol. The van der Waals surface area contributed by atoms with E-state index in [-0.39, 0.29) is 18.7 Å². The minimum absolute atomic E-state index is 0.289. The average molecular weight is 272 g/mol. The fraction of sp³-hybridized carbons (Fsp3) is 0.867. The maximum atomic E-state index is 11.9. The fourth-order valence-corrected chi connectivity index (χ4v) is 1.56. The first kappa shape index (κ1) is 17.9. The molecule has 4 heteroatoms. The van der Waals surface area contributed by atoms with Crippen LogP contribution in [0.4, 0.5) is 0 Å². The lowest BCUT2D eigenvalue weighted by Crippen LogP contribution is -2.32. The Labute approximate surface area is 116 Å².